The minimum atomic E-state index is -0.998. The van der Waals surface area contributed by atoms with Gasteiger partial charge in [0, 0.05) is 5.41 Å². The van der Waals surface area contributed by atoms with Gasteiger partial charge in [0.2, 0.25) is 0 Å². The quantitative estimate of drug-likeness (QED) is 0.644. The number of rotatable bonds is 4. The van der Waals surface area contributed by atoms with Crippen LogP contribution < -0.4 is 0 Å². The molecule has 1 atom stereocenters. The predicted octanol–water partition coefficient (Wildman–Crippen LogP) is 1.67. The number of aliphatic hydroxyl groups is 2. The molecule has 0 aromatic heterocycles. The summed E-state index contributed by atoms with van der Waals surface area (Å²) in [5.41, 5.74) is -1.52. The average molecular weight is 232 g/mol. The second kappa shape index (κ2) is 6.66. The summed E-state index contributed by atoms with van der Waals surface area (Å²) in [7, 11) is 0. The molecule has 4 heteroatoms. The normalized spacial score (nSPS) is 14.8. The second-order valence-electron chi connectivity index (χ2n) is 4.89. The first kappa shape index (κ1) is 17.5. The molecule has 0 aliphatic rings. The van der Waals surface area contributed by atoms with Crippen molar-refractivity contribution in [2.75, 3.05) is 6.61 Å². The van der Waals surface area contributed by atoms with E-state index in [1.165, 1.54) is 6.08 Å². The van der Waals surface area contributed by atoms with Crippen LogP contribution in [0.1, 0.15) is 34.6 Å². The van der Waals surface area contributed by atoms with Crippen molar-refractivity contribution in [2.24, 2.45) is 11.3 Å². The molecule has 0 aromatic rings. The first-order valence-corrected chi connectivity index (χ1v) is 5.21. The van der Waals surface area contributed by atoms with Crippen LogP contribution in [-0.2, 0) is 4.79 Å². The Bertz CT molecular complexity index is 229. The standard InChI is InChI=1S/C8H16O2.C4H8O2/c1-5-8(4,10)7(2,3)6-9;1-3(2)4(5)6/h5,9-10H,1,6H2,2-4H3;3H,1-2H3,(H,5,6). The van der Waals surface area contributed by atoms with Crippen molar-refractivity contribution in [2.45, 2.75) is 40.2 Å². The van der Waals surface area contributed by atoms with Crippen LogP contribution >= 0.6 is 0 Å². The van der Waals surface area contributed by atoms with Crippen molar-refractivity contribution < 1.29 is 20.1 Å². The van der Waals surface area contributed by atoms with Crippen LogP contribution in [0, 0.1) is 11.3 Å². The van der Waals surface area contributed by atoms with E-state index in [9.17, 15) is 9.90 Å². The highest BCUT2D eigenvalue weighted by Crippen LogP contribution is 2.30. The summed E-state index contributed by atoms with van der Waals surface area (Å²) in [5.74, 6) is -0.972. The lowest BCUT2D eigenvalue weighted by atomic mass is 9.77. The minimum absolute atomic E-state index is 0.0496. The lowest BCUT2D eigenvalue weighted by molar-refractivity contribution is -0.140. The molecule has 0 aliphatic heterocycles. The number of hydrogen-bond donors (Lipinski definition) is 3. The Labute approximate surface area is 97.6 Å². The third-order valence-corrected chi connectivity index (χ3v) is 2.66. The first-order chi connectivity index (χ1) is 7.01. The van der Waals surface area contributed by atoms with Gasteiger partial charge in [0.25, 0.3) is 0 Å². The second-order valence-corrected chi connectivity index (χ2v) is 4.89. The van der Waals surface area contributed by atoms with Gasteiger partial charge in [-0.25, -0.2) is 0 Å². The fourth-order valence-electron chi connectivity index (χ4n) is 0.436. The Balaban J connectivity index is 0. The van der Waals surface area contributed by atoms with E-state index in [0.717, 1.165) is 0 Å². The van der Waals surface area contributed by atoms with Crippen LogP contribution in [0.15, 0.2) is 12.7 Å². The van der Waals surface area contributed by atoms with Crippen molar-refractivity contribution >= 4 is 5.97 Å². The van der Waals surface area contributed by atoms with E-state index in [-0.39, 0.29) is 12.5 Å². The molecule has 0 aliphatic carbocycles. The molecule has 0 aromatic carbocycles. The molecule has 0 amide bonds. The maximum Gasteiger partial charge on any atom is 0.305 e. The molecule has 4 nitrogen and oxygen atoms in total. The van der Waals surface area contributed by atoms with Crippen molar-refractivity contribution in [1.29, 1.82) is 0 Å². The van der Waals surface area contributed by atoms with Crippen LogP contribution in [-0.4, -0.2) is 33.5 Å². The van der Waals surface area contributed by atoms with E-state index in [1.54, 1.807) is 34.6 Å². The minimum Gasteiger partial charge on any atom is -0.481 e. The van der Waals surface area contributed by atoms with E-state index < -0.39 is 17.0 Å². The van der Waals surface area contributed by atoms with Crippen molar-refractivity contribution in [1.82, 2.24) is 0 Å². The van der Waals surface area contributed by atoms with Gasteiger partial charge in [-0.05, 0) is 6.92 Å². The lowest BCUT2D eigenvalue weighted by Crippen LogP contribution is -2.42. The molecule has 16 heavy (non-hydrogen) atoms. The summed E-state index contributed by atoms with van der Waals surface area (Å²) in [6.45, 7) is 11.9. The summed E-state index contributed by atoms with van der Waals surface area (Å²) in [6, 6.07) is 0. The monoisotopic (exact) mass is 232 g/mol. The van der Waals surface area contributed by atoms with Crippen LogP contribution in [0.3, 0.4) is 0 Å². The van der Waals surface area contributed by atoms with Gasteiger partial charge in [-0.2, -0.15) is 0 Å². The number of carboxylic acids is 1. The van der Waals surface area contributed by atoms with E-state index >= 15 is 0 Å². The van der Waals surface area contributed by atoms with Crippen molar-refractivity contribution in [3.05, 3.63) is 12.7 Å². The Morgan fingerprint density at radius 3 is 1.75 bits per heavy atom. The summed E-state index contributed by atoms with van der Waals surface area (Å²) in [4.78, 5) is 9.70. The molecule has 0 bridgehead atoms. The Hall–Kier alpha value is -0.870. The van der Waals surface area contributed by atoms with E-state index in [1.807, 2.05) is 0 Å². The lowest BCUT2D eigenvalue weighted by Gasteiger charge is -2.35. The molecule has 96 valence electrons. The van der Waals surface area contributed by atoms with Crippen LogP contribution in [0.5, 0.6) is 0 Å². The molecule has 0 spiro atoms. The zero-order valence-corrected chi connectivity index (χ0v) is 10.8. The van der Waals surface area contributed by atoms with Gasteiger partial charge in [-0.15, -0.1) is 6.58 Å². The average Bonchev–Trinajstić information content (AvgIpc) is 2.18. The molecule has 0 heterocycles. The predicted molar refractivity (Wildman–Crippen MR) is 64.2 cm³/mol. The highest BCUT2D eigenvalue weighted by atomic mass is 16.4. The largest absolute Gasteiger partial charge is 0.481 e. The van der Waals surface area contributed by atoms with Gasteiger partial charge in [0.15, 0.2) is 0 Å². The van der Waals surface area contributed by atoms with Crippen LogP contribution in [0.25, 0.3) is 0 Å². The Morgan fingerprint density at radius 1 is 1.38 bits per heavy atom. The van der Waals surface area contributed by atoms with Gasteiger partial charge in [-0.3, -0.25) is 4.79 Å². The summed E-state index contributed by atoms with van der Waals surface area (Å²) >= 11 is 0. The molecule has 0 fully saturated rings. The van der Waals surface area contributed by atoms with Crippen LogP contribution in [0.4, 0.5) is 0 Å². The van der Waals surface area contributed by atoms with Crippen molar-refractivity contribution in [3.63, 3.8) is 0 Å². The van der Waals surface area contributed by atoms with E-state index in [2.05, 4.69) is 6.58 Å². The molecular weight excluding hydrogens is 208 g/mol. The van der Waals surface area contributed by atoms with Gasteiger partial charge in [0.05, 0.1) is 18.1 Å². The molecule has 0 saturated heterocycles. The van der Waals surface area contributed by atoms with E-state index in [0.29, 0.717) is 0 Å². The zero-order chi connectivity index (χ0) is 13.6. The number of carboxylic acid groups (broad SMARTS) is 1. The SMILES string of the molecule is C=CC(C)(O)C(C)(C)CO.CC(C)C(=O)O. The summed E-state index contributed by atoms with van der Waals surface area (Å²) < 4.78 is 0. The maximum atomic E-state index is 9.70. The topological polar surface area (TPSA) is 77.8 Å². The number of aliphatic hydroxyl groups excluding tert-OH is 1. The van der Waals surface area contributed by atoms with Gasteiger partial charge in [0.1, 0.15) is 0 Å². The highest BCUT2D eigenvalue weighted by molar-refractivity contribution is 5.68. The molecule has 0 saturated carbocycles. The van der Waals surface area contributed by atoms with E-state index in [4.69, 9.17) is 10.2 Å². The third kappa shape index (κ3) is 5.88. The fourth-order valence-corrected chi connectivity index (χ4v) is 0.436. The van der Waals surface area contributed by atoms with Gasteiger partial charge in [-0.1, -0.05) is 33.8 Å². The highest BCUT2D eigenvalue weighted by Gasteiger charge is 2.35. The molecule has 1 unspecified atom stereocenters. The van der Waals surface area contributed by atoms with Gasteiger partial charge >= 0.3 is 5.97 Å². The Kier molecular flexibility index (Phi) is 7.29. The molecular formula is C12H24O4. The maximum absolute atomic E-state index is 9.70. The number of aliphatic carboxylic acids is 1. The smallest absolute Gasteiger partial charge is 0.305 e. The van der Waals surface area contributed by atoms with Gasteiger partial charge < -0.3 is 15.3 Å². The molecule has 3 N–H and O–H groups in total. The zero-order valence-electron chi connectivity index (χ0n) is 10.8. The molecule has 0 rings (SSSR count). The van der Waals surface area contributed by atoms with Crippen LogP contribution in [0.2, 0.25) is 0 Å². The molecule has 0 radical (unpaired) electrons. The number of hydrogen-bond acceptors (Lipinski definition) is 3. The third-order valence-electron chi connectivity index (χ3n) is 2.66. The summed E-state index contributed by atoms with van der Waals surface area (Å²) in [5, 5.41) is 26.4. The first-order valence-electron chi connectivity index (χ1n) is 5.21. The number of carbonyl (C=O) groups is 1. The summed E-state index contributed by atoms with van der Waals surface area (Å²) in [6.07, 6.45) is 1.45. The van der Waals surface area contributed by atoms with Crippen molar-refractivity contribution in [3.8, 4) is 0 Å². The Morgan fingerprint density at radius 2 is 1.69 bits per heavy atom. The fraction of sp³-hybridized carbons (Fsp3) is 0.750.